The maximum Gasteiger partial charge on any atom is 0.255 e. The van der Waals surface area contributed by atoms with Crippen molar-refractivity contribution in [3.63, 3.8) is 0 Å². The molecular formula is C20H23ClN2O3S. The molecule has 0 atom stereocenters. The first-order valence-corrected chi connectivity index (χ1v) is 10.8. The third-order valence-corrected chi connectivity index (χ3v) is 7.21. The molecule has 144 valence electrons. The van der Waals surface area contributed by atoms with Crippen LogP contribution in [0.5, 0.6) is 0 Å². The van der Waals surface area contributed by atoms with E-state index in [0.717, 1.165) is 18.4 Å². The van der Waals surface area contributed by atoms with Crippen molar-refractivity contribution >= 4 is 33.2 Å². The largest absolute Gasteiger partial charge is 0.322 e. The number of sulfonamides is 1. The van der Waals surface area contributed by atoms with Crippen molar-refractivity contribution < 1.29 is 13.2 Å². The summed E-state index contributed by atoms with van der Waals surface area (Å²) in [5, 5.41) is 3.32. The Balaban J connectivity index is 1.80. The van der Waals surface area contributed by atoms with E-state index in [1.54, 1.807) is 24.3 Å². The summed E-state index contributed by atoms with van der Waals surface area (Å²) in [6.07, 6.45) is 1.71. The van der Waals surface area contributed by atoms with Crippen molar-refractivity contribution in [2.45, 2.75) is 31.6 Å². The summed E-state index contributed by atoms with van der Waals surface area (Å²) >= 11 is 6.09. The highest BCUT2D eigenvalue weighted by Gasteiger charge is 2.28. The van der Waals surface area contributed by atoms with Gasteiger partial charge in [0.2, 0.25) is 10.0 Å². The lowest BCUT2D eigenvalue weighted by Gasteiger charge is -2.29. The van der Waals surface area contributed by atoms with Crippen LogP contribution in [-0.2, 0) is 10.0 Å². The molecule has 1 fully saturated rings. The molecule has 3 rings (SSSR count). The maximum atomic E-state index is 12.9. The lowest BCUT2D eigenvalue weighted by Crippen LogP contribution is -2.37. The van der Waals surface area contributed by atoms with Crippen molar-refractivity contribution in [2.75, 3.05) is 18.4 Å². The third-order valence-electron chi connectivity index (χ3n) is 4.91. The fourth-order valence-electron chi connectivity index (χ4n) is 3.05. The minimum Gasteiger partial charge on any atom is -0.322 e. The molecule has 0 saturated carbocycles. The van der Waals surface area contributed by atoms with Crippen LogP contribution in [0, 0.1) is 12.8 Å². The first-order chi connectivity index (χ1) is 12.8. The van der Waals surface area contributed by atoms with E-state index in [1.807, 2.05) is 13.0 Å². The van der Waals surface area contributed by atoms with Crippen molar-refractivity contribution in [3.05, 3.63) is 58.6 Å². The summed E-state index contributed by atoms with van der Waals surface area (Å²) in [7, 11) is -3.59. The van der Waals surface area contributed by atoms with E-state index in [-0.39, 0.29) is 16.4 Å². The molecule has 0 spiro atoms. The molecule has 7 heteroatoms. The highest BCUT2D eigenvalue weighted by molar-refractivity contribution is 7.89. The number of benzene rings is 2. The maximum absolute atomic E-state index is 12.9. The molecule has 2 aromatic carbocycles. The second-order valence-electron chi connectivity index (χ2n) is 7.03. The minimum absolute atomic E-state index is 0.145. The molecule has 1 aliphatic rings. The van der Waals surface area contributed by atoms with Crippen molar-refractivity contribution in [1.29, 1.82) is 0 Å². The molecule has 1 saturated heterocycles. The Kier molecular flexibility index (Phi) is 5.89. The van der Waals surface area contributed by atoms with Gasteiger partial charge < -0.3 is 5.32 Å². The minimum atomic E-state index is -3.59. The molecule has 0 bridgehead atoms. The number of amides is 1. The molecule has 1 aliphatic heterocycles. The van der Waals surface area contributed by atoms with Gasteiger partial charge in [-0.3, -0.25) is 4.79 Å². The van der Waals surface area contributed by atoms with Crippen molar-refractivity contribution in [1.82, 2.24) is 4.31 Å². The summed E-state index contributed by atoms with van der Waals surface area (Å²) in [5.41, 5.74) is 1.77. The van der Waals surface area contributed by atoms with Crippen molar-refractivity contribution in [2.24, 2.45) is 5.92 Å². The smallest absolute Gasteiger partial charge is 0.255 e. The molecule has 5 nitrogen and oxygen atoms in total. The normalized spacial score (nSPS) is 16.3. The van der Waals surface area contributed by atoms with Crippen LogP contribution in [0.1, 0.15) is 35.7 Å². The molecule has 1 heterocycles. The van der Waals surface area contributed by atoms with Crippen LogP contribution >= 0.6 is 11.6 Å². The van der Waals surface area contributed by atoms with Crippen LogP contribution < -0.4 is 5.32 Å². The van der Waals surface area contributed by atoms with E-state index < -0.39 is 10.0 Å². The number of nitrogens with zero attached hydrogens (tertiary/aromatic N) is 1. The Hall–Kier alpha value is -1.89. The summed E-state index contributed by atoms with van der Waals surface area (Å²) < 4.78 is 27.3. The van der Waals surface area contributed by atoms with Gasteiger partial charge in [-0.05, 0) is 61.6 Å². The van der Waals surface area contributed by atoms with Gasteiger partial charge in [0.15, 0.2) is 0 Å². The monoisotopic (exact) mass is 406 g/mol. The molecule has 0 unspecified atom stereocenters. The molecule has 1 N–H and O–H groups in total. The standard InChI is InChI=1S/C20H23ClN2O3S/c1-14-8-10-23(11-9-14)27(25,26)18-5-3-4-16(12-18)20(24)22-17-7-6-15(2)19(21)13-17/h3-7,12-14H,8-11H2,1-2H3,(H,22,24). The predicted molar refractivity (Wildman–Crippen MR) is 108 cm³/mol. The number of rotatable bonds is 4. The Morgan fingerprint density at radius 1 is 1.15 bits per heavy atom. The molecule has 0 radical (unpaired) electrons. The number of carbonyl (C=O) groups excluding carboxylic acids is 1. The van der Waals surface area contributed by atoms with Gasteiger partial charge in [-0.15, -0.1) is 0 Å². The average Bonchev–Trinajstić information content (AvgIpc) is 2.65. The van der Waals surface area contributed by atoms with Crippen LogP contribution in [0.2, 0.25) is 5.02 Å². The van der Waals surface area contributed by atoms with E-state index in [2.05, 4.69) is 12.2 Å². The third kappa shape index (κ3) is 4.51. The second kappa shape index (κ2) is 8.00. The van der Waals surface area contributed by atoms with E-state index in [4.69, 9.17) is 11.6 Å². The zero-order valence-corrected chi connectivity index (χ0v) is 17.0. The topological polar surface area (TPSA) is 66.5 Å². The summed E-state index contributed by atoms with van der Waals surface area (Å²) in [5.74, 6) is 0.161. The van der Waals surface area contributed by atoms with Gasteiger partial charge in [0.25, 0.3) is 5.91 Å². The Bertz CT molecular complexity index is 951. The van der Waals surface area contributed by atoms with Gasteiger partial charge in [-0.1, -0.05) is 30.7 Å². The first kappa shape index (κ1) is 19.9. The van der Waals surface area contributed by atoms with Crippen LogP contribution in [-0.4, -0.2) is 31.7 Å². The van der Waals surface area contributed by atoms with Gasteiger partial charge in [-0.2, -0.15) is 4.31 Å². The SMILES string of the molecule is Cc1ccc(NC(=O)c2cccc(S(=O)(=O)N3CCC(C)CC3)c2)cc1Cl. The van der Waals surface area contributed by atoms with Gasteiger partial charge in [0.05, 0.1) is 4.90 Å². The molecule has 27 heavy (non-hydrogen) atoms. The van der Waals surface area contributed by atoms with Crippen LogP contribution in [0.4, 0.5) is 5.69 Å². The van der Waals surface area contributed by atoms with E-state index in [9.17, 15) is 13.2 Å². The highest BCUT2D eigenvalue weighted by Crippen LogP contribution is 2.25. The number of nitrogens with one attached hydrogen (secondary N) is 1. The van der Waals surface area contributed by atoms with Crippen LogP contribution in [0.3, 0.4) is 0 Å². The summed E-state index contributed by atoms with van der Waals surface area (Å²) in [4.78, 5) is 12.7. The number of hydrogen-bond acceptors (Lipinski definition) is 3. The van der Waals surface area contributed by atoms with Crippen molar-refractivity contribution in [3.8, 4) is 0 Å². The first-order valence-electron chi connectivity index (χ1n) is 8.95. The molecule has 0 aromatic heterocycles. The van der Waals surface area contributed by atoms with E-state index in [0.29, 0.717) is 29.7 Å². The van der Waals surface area contributed by atoms with E-state index >= 15 is 0 Å². The van der Waals surface area contributed by atoms with Crippen LogP contribution in [0.25, 0.3) is 0 Å². The molecular weight excluding hydrogens is 384 g/mol. The van der Waals surface area contributed by atoms with Gasteiger partial charge in [-0.25, -0.2) is 8.42 Å². The Labute approximate surface area is 165 Å². The van der Waals surface area contributed by atoms with Crippen LogP contribution in [0.15, 0.2) is 47.4 Å². The Morgan fingerprint density at radius 2 is 1.85 bits per heavy atom. The fraction of sp³-hybridized carbons (Fsp3) is 0.350. The zero-order chi connectivity index (χ0) is 19.6. The summed E-state index contributed by atoms with van der Waals surface area (Å²) in [6.45, 7) is 5.04. The molecule has 0 aliphatic carbocycles. The number of halogens is 1. The predicted octanol–water partition coefficient (Wildman–Crippen LogP) is 4.32. The number of aryl methyl sites for hydroxylation is 1. The van der Waals surface area contributed by atoms with Gasteiger partial charge in [0.1, 0.15) is 0 Å². The highest BCUT2D eigenvalue weighted by atomic mass is 35.5. The fourth-order valence-corrected chi connectivity index (χ4v) is 4.74. The zero-order valence-electron chi connectivity index (χ0n) is 15.4. The number of piperidine rings is 1. The lowest BCUT2D eigenvalue weighted by molar-refractivity contribution is 0.102. The quantitative estimate of drug-likeness (QED) is 0.822. The number of anilines is 1. The number of carbonyl (C=O) groups is 1. The number of hydrogen-bond donors (Lipinski definition) is 1. The van der Waals surface area contributed by atoms with E-state index in [1.165, 1.54) is 16.4 Å². The summed E-state index contributed by atoms with van der Waals surface area (Å²) in [6, 6.07) is 11.4. The second-order valence-corrected chi connectivity index (χ2v) is 9.38. The lowest BCUT2D eigenvalue weighted by atomic mass is 10.0. The Morgan fingerprint density at radius 3 is 2.52 bits per heavy atom. The van der Waals surface area contributed by atoms with Gasteiger partial charge in [0, 0.05) is 29.4 Å². The molecule has 2 aromatic rings. The van der Waals surface area contributed by atoms with Gasteiger partial charge >= 0.3 is 0 Å². The average molecular weight is 407 g/mol. The molecule has 1 amide bonds.